The summed E-state index contributed by atoms with van der Waals surface area (Å²) >= 11 is 0. The summed E-state index contributed by atoms with van der Waals surface area (Å²) in [5, 5.41) is 6.42. The molecule has 0 radical (unpaired) electrons. The maximum Gasteiger partial charge on any atom is 0.251 e. The Kier molecular flexibility index (Phi) is 5.45. The number of rotatable bonds is 5. The molecular formula is C23H29N5O2. The third kappa shape index (κ3) is 3.88. The lowest BCUT2D eigenvalue weighted by molar-refractivity contribution is -0.117. The summed E-state index contributed by atoms with van der Waals surface area (Å²) in [6.07, 6.45) is 5.68. The van der Waals surface area contributed by atoms with Crippen molar-refractivity contribution in [3.8, 4) is 0 Å². The fourth-order valence-corrected chi connectivity index (χ4v) is 4.57. The Morgan fingerprint density at radius 1 is 1.17 bits per heavy atom. The van der Waals surface area contributed by atoms with Crippen molar-refractivity contribution in [2.75, 3.05) is 10.2 Å². The largest absolute Gasteiger partial charge is 0.350 e. The third-order valence-corrected chi connectivity index (χ3v) is 5.96. The maximum absolute atomic E-state index is 12.7. The van der Waals surface area contributed by atoms with Crippen LogP contribution in [0.25, 0.3) is 0 Å². The summed E-state index contributed by atoms with van der Waals surface area (Å²) in [7, 11) is 0. The van der Waals surface area contributed by atoms with E-state index in [0.717, 1.165) is 24.1 Å². The Morgan fingerprint density at radius 2 is 1.87 bits per heavy atom. The van der Waals surface area contributed by atoms with Gasteiger partial charge in [-0.3, -0.25) is 9.59 Å². The summed E-state index contributed by atoms with van der Waals surface area (Å²) in [6.45, 7) is 7.67. The van der Waals surface area contributed by atoms with Crippen molar-refractivity contribution >= 4 is 23.5 Å². The van der Waals surface area contributed by atoms with E-state index in [1.165, 1.54) is 0 Å². The molecule has 1 saturated carbocycles. The lowest BCUT2D eigenvalue weighted by Gasteiger charge is -2.45. The Balaban J connectivity index is 1.79. The lowest BCUT2D eigenvalue weighted by atomic mass is 9.79. The molecule has 2 heterocycles. The van der Waals surface area contributed by atoms with E-state index in [-0.39, 0.29) is 35.9 Å². The molecule has 30 heavy (non-hydrogen) atoms. The van der Waals surface area contributed by atoms with Gasteiger partial charge in [0.05, 0.1) is 6.04 Å². The molecule has 3 atom stereocenters. The Hall–Kier alpha value is -2.96. The summed E-state index contributed by atoms with van der Waals surface area (Å²) in [6, 6.07) is 7.47. The first-order valence-corrected chi connectivity index (χ1v) is 10.6. The predicted octanol–water partition coefficient (Wildman–Crippen LogP) is 3.55. The molecule has 3 unspecified atom stereocenters. The van der Waals surface area contributed by atoms with Crippen molar-refractivity contribution in [3.05, 3.63) is 47.8 Å². The number of hydrogen-bond donors (Lipinski definition) is 2. The average Bonchev–Trinajstić information content (AvgIpc) is 3.54. The first kappa shape index (κ1) is 20.3. The molecule has 0 spiro atoms. The maximum atomic E-state index is 12.7. The van der Waals surface area contributed by atoms with Gasteiger partial charge in [0.15, 0.2) is 0 Å². The molecule has 7 nitrogen and oxygen atoms in total. The number of benzene rings is 1. The zero-order valence-electron chi connectivity index (χ0n) is 17.9. The van der Waals surface area contributed by atoms with Crippen molar-refractivity contribution in [1.82, 2.24) is 15.3 Å². The van der Waals surface area contributed by atoms with Gasteiger partial charge in [-0.1, -0.05) is 6.92 Å². The molecule has 4 rings (SSSR count). The quantitative estimate of drug-likeness (QED) is 0.791. The van der Waals surface area contributed by atoms with E-state index in [4.69, 9.17) is 0 Å². The van der Waals surface area contributed by atoms with E-state index < -0.39 is 0 Å². The van der Waals surface area contributed by atoms with E-state index in [0.29, 0.717) is 17.4 Å². The number of anilines is 2. The minimum atomic E-state index is -0.117. The summed E-state index contributed by atoms with van der Waals surface area (Å²) in [5.41, 5.74) is 2.38. The van der Waals surface area contributed by atoms with Crippen LogP contribution >= 0.6 is 0 Å². The number of nitrogens with one attached hydrogen (secondary N) is 2. The van der Waals surface area contributed by atoms with Crippen LogP contribution in [0.5, 0.6) is 0 Å². The normalized spacial score (nSPS) is 23.1. The highest BCUT2D eigenvalue weighted by Gasteiger charge is 2.47. The van der Waals surface area contributed by atoms with Crippen LogP contribution in [-0.4, -0.2) is 33.9 Å². The van der Waals surface area contributed by atoms with Gasteiger partial charge in [-0.25, -0.2) is 9.97 Å². The van der Waals surface area contributed by atoms with Crippen molar-refractivity contribution in [2.45, 2.75) is 58.7 Å². The molecule has 1 aromatic carbocycles. The van der Waals surface area contributed by atoms with Crippen LogP contribution in [0.4, 0.5) is 11.6 Å². The average molecular weight is 408 g/mol. The van der Waals surface area contributed by atoms with E-state index in [2.05, 4.69) is 27.5 Å². The van der Waals surface area contributed by atoms with Crippen molar-refractivity contribution in [1.29, 1.82) is 0 Å². The standard InChI is InChI=1S/C23H29N5O2/c1-13(2)26-22(30)17-8-9-19-18(12-17)20(27-23-24-10-5-11-25-23)14(3)21(16-6-7-16)28(19)15(4)29/h5,8-14,16,20-21H,6-7H2,1-4H3,(H,26,30)(H,24,25,27). The molecule has 1 aliphatic carbocycles. The summed E-state index contributed by atoms with van der Waals surface area (Å²) in [5.74, 6) is 1.11. The van der Waals surface area contributed by atoms with E-state index in [9.17, 15) is 9.59 Å². The van der Waals surface area contributed by atoms with Crippen LogP contribution in [0, 0.1) is 11.8 Å². The van der Waals surface area contributed by atoms with Crippen LogP contribution in [0.1, 0.15) is 62.5 Å². The van der Waals surface area contributed by atoms with Crippen LogP contribution in [0.15, 0.2) is 36.7 Å². The Bertz CT molecular complexity index is 942. The number of fused-ring (bicyclic) bond motifs is 1. The molecule has 1 fully saturated rings. The highest BCUT2D eigenvalue weighted by Crippen LogP contribution is 2.50. The number of carbonyl (C=O) groups excluding carboxylic acids is 2. The highest BCUT2D eigenvalue weighted by atomic mass is 16.2. The molecule has 0 bridgehead atoms. The molecule has 1 aromatic heterocycles. The van der Waals surface area contributed by atoms with Crippen LogP contribution < -0.4 is 15.5 Å². The summed E-state index contributed by atoms with van der Waals surface area (Å²) in [4.78, 5) is 35.9. The first-order valence-electron chi connectivity index (χ1n) is 10.6. The molecule has 7 heteroatoms. The minimum absolute atomic E-state index is 0.0359. The zero-order chi connectivity index (χ0) is 21.4. The molecule has 2 amide bonds. The number of aromatic nitrogens is 2. The topological polar surface area (TPSA) is 87.2 Å². The minimum Gasteiger partial charge on any atom is -0.350 e. The van der Waals surface area contributed by atoms with E-state index >= 15 is 0 Å². The highest BCUT2D eigenvalue weighted by molar-refractivity contribution is 5.98. The third-order valence-electron chi connectivity index (χ3n) is 5.96. The van der Waals surface area contributed by atoms with Gasteiger partial charge in [0.25, 0.3) is 5.91 Å². The molecular weight excluding hydrogens is 378 g/mol. The Morgan fingerprint density at radius 3 is 2.47 bits per heavy atom. The fraction of sp³-hybridized carbons (Fsp3) is 0.478. The second-order valence-electron chi connectivity index (χ2n) is 8.67. The van der Waals surface area contributed by atoms with Crippen molar-refractivity contribution < 1.29 is 9.59 Å². The number of hydrogen-bond acceptors (Lipinski definition) is 5. The smallest absolute Gasteiger partial charge is 0.251 e. The lowest BCUT2D eigenvalue weighted by Crippen LogP contribution is -2.51. The predicted molar refractivity (Wildman–Crippen MR) is 116 cm³/mol. The number of carbonyl (C=O) groups is 2. The van der Waals surface area contributed by atoms with E-state index in [1.807, 2.05) is 36.9 Å². The van der Waals surface area contributed by atoms with Crippen LogP contribution in [-0.2, 0) is 4.79 Å². The number of amides is 2. The molecule has 2 N–H and O–H groups in total. The van der Waals surface area contributed by atoms with Gasteiger partial charge in [-0.05, 0) is 62.4 Å². The molecule has 2 aromatic rings. The van der Waals surface area contributed by atoms with Crippen molar-refractivity contribution in [3.63, 3.8) is 0 Å². The molecule has 0 saturated heterocycles. The first-order chi connectivity index (χ1) is 14.4. The van der Waals surface area contributed by atoms with Gasteiger partial charge >= 0.3 is 0 Å². The van der Waals surface area contributed by atoms with Gasteiger partial charge in [-0.15, -0.1) is 0 Å². The fourth-order valence-electron chi connectivity index (χ4n) is 4.57. The van der Waals surface area contributed by atoms with Gasteiger partial charge in [0.1, 0.15) is 0 Å². The molecule has 1 aliphatic heterocycles. The van der Waals surface area contributed by atoms with Gasteiger partial charge in [-0.2, -0.15) is 0 Å². The molecule has 2 aliphatic rings. The Labute approximate surface area is 177 Å². The monoisotopic (exact) mass is 407 g/mol. The second kappa shape index (κ2) is 8.05. The van der Waals surface area contributed by atoms with Gasteiger partial charge in [0.2, 0.25) is 11.9 Å². The van der Waals surface area contributed by atoms with Crippen LogP contribution in [0.2, 0.25) is 0 Å². The summed E-state index contributed by atoms with van der Waals surface area (Å²) < 4.78 is 0. The van der Waals surface area contributed by atoms with Gasteiger partial charge in [0, 0.05) is 48.6 Å². The number of nitrogens with zero attached hydrogens (tertiary/aromatic N) is 3. The van der Waals surface area contributed by atoms with Gasteiger partial charge < -0.3 is 15.5 Å². The van der Waals surface area contributed by atoms with E-state index in [1.54, 1.807) is 25.4 Å². The zero-order valence-corrected chi connectivity index (χ0v) is 17.9. The van der Waals surface area contributed by atoms with Crippen LogP contribution in [0.3, 0.4) is 0 Å². The van der Waals surface area contributed by atoms with Crippen molar-refractivity contribution in [2.24, 2.45) is 11.8 Å². The second-order valence-corrected chi connectivity index (χ2v) is 8.67. The SMILES string of the molecule is CC(=O)N1c2ccc(C(=O)NC(C)C)cc2C(Nc2ncccn2)C(C)C1C1CC1. The molecule has 158 valence electrons.